The Balaban J connectivity index is 1.46. The van der Waals surface area contributed by atoms with Crippen LogP contribution in [0.4, 0.5) is 5.69 Å². The highest BCUT2D eigenvalue weighted by atomic mass is 32.2. The molecule has 7 nitrogen and oxygen atoms in total. The Morgan fingerprint density at radius 3 is 2.54 bits per heavy atom. The Bertz CT molecular complexity index is 1350. The molecule has 2 aromatic carbocycles. The van der Waals surface area contributed by atoms with E-state index in [9.17, 15) is 9.59 Å². The maximum absolute atomic E-state index is 13.1. The fourth-order valence-electron chi connectivity index (χ4n) is 4.45. The molecule has 0 spiro atoms. The summed E-state index contributed by atoms with van der Waals surface area (Å²) < 4.78 is 7.34. The van der Waals surface area contributed by atoms with Crippen molar-refractivity contribution in [2.75, 3.05) is 33.4 Å². The molecule has 2 aliphatic heterocycles. The second-order valence-corrected chi connectivity index (χ2v) is 9.84. The Kier molecular flexibility index (Phi) is 6.49. The first-order valence-electron chi connectivity index (χ1n) is 11.7. The zero-order valence-corrected chi connectivity index (χ0v) is 21.0. The van der Waals surface area contributed by atoms with Gasteiger partial charge < -0.3 is 14.2 Å². The van der Waals surface area contributed by atoms with Crippen molar-refractivity contribution < 1.29 is 14.3 Å². The number of rotatable bonds is 4. The van der Waals surface area contributed by atoms with Gasteiger partial charge in [-0.1, -0.05) is 36.4 Å². The molecule has 0 bridgehead atoms. The number of aryl methyl sites for hydroxylation is 2. The molecule has 5 rings (SSSR count). The van der Waals surface area contributed by atoms with E-state index < -0.39 is 0 Å². The fraction of sp³-hybridized carbons (Fsp3) is 0.296. The van der Waals surface area contributed by atoms with Gasteiger partial charge in [0.05, 0.1) is 23.8 Å². The number of morpholine rings is 1. The number of amides is 2. The summed E-state index contributed by atoms with van der Waals surface area (Å²) in [5.74, 6) is -0.0106. The van der Waals surface area contributed by atoms with Gasteiger partial charge in [0, 0.05) is 42.8 Å². The minimum Gasteiger partial charge on any atom is -0.378 e. The number of amidine groups is 1. The highest BCUT2D eigenvalue weighted by Gasteiger charge is 2.31. The molecular formula is C27H28N4O3S. The number of hydrogen-bond donors (Lipinski definition) is 0. The summed E-state index contributed by atoms with van der Waals surface area (Å²) in [7, 11) is 1.76. The van der Waals surface area contributed by atoms with Gasteiger partial charge in [0.1, 0.15) is 6.54 Å². The van der Waals surface area contributed by atoms with Crippen molar-refractivity contribution in [2.24, 2.45) is 4.99 Å². The molecule has 35 heavy (non-hydrogen) atoms. The average molecular weight is 489 g/mol. The van der Waals surface area contributed by atoms with Crippen LogP contribution in [0, 0.1) is 13.8 Å². The van der Waals surface area contributed by atoms with Crippen molar-refractivity contribution in [3.05, 3.63) is 70.3 Å². The fourth-order valence-corrected chi connectivity index (χ4v) is 5.41. The molecule has 3 aromatic rings. The largest absolute Gasteiger partial charge is 0.378 e. The summed E-state index contributed by atoms with van der Waals surface area (Å²) in [5, 5.41) is 1.66. The van der Waals surface area contributed by atoms with E-state index in [1.54, 1.807) is 11.9 Å². The third kappa shape index (κ3) is 4.63. The van der Waals surface area contributed by atoms with Crippen LogP contribution < -0.4 is 0 Å². The number of carbonyl (C=O) groups is 2. The lowest BCUT2D eigenvalue weighted by molar-refractivity contribution is -0.135. The van der Waals surface area contributed by atoms with Crippen molar-refractivity contribution in [3.63, 3.8) is 0 Å². The number of likely N-dealkylation sites (N-methyl/N-ethyl adjacent to an activating group) is 1. The molecule has 3 heterocycles. The van der Waals surface area contributed by atoms with Crippen molar-refractivity contribution in [3.8, 4) is 0 Å². The number of carbonyl (C=O) groups excluding carboxylic acids is 2. The normalized spacial score (nSPS) is 18.9. The Morgan fingerprint density at radius 2 is 1.80 bits per heavy atom. The summed E-state index contributed by atoms with van der Waals surface area (Å²) in [4.78, 5) is 34.8. The maximum Gasteiger partial charge on any atom is 0.266 e. The molecule has 0 N–H and O–H groups in total. The smallest absolute Gasteiger partial charge is 0.266 e. The second-order valence-electron chi connectivity index (χ2n) is 8.83. The number of aromatic nitrogens is 1. The maximum atomic E-state index is 13.1. The molecule has 1 aromatic heterocycles. The molecule has 0 aliphatic carbocycles. The molecule has 2 fully saturated rings. The van der Waals surface area contributed by atoms with E-state index >= 15 is 0 Å². The SMILES string of the molecule is Cc1cccc(C)c1N=C1S/C(=C\c2cn(CC(=O)N3CCOCC3)c3ccccc23)C(=O)N1C. The molecule has 2 amide bonds. The van der Waals surface area contributed by atoms with Gasteiger partial charge in [-0.3, -0.25) is 14.5 Å². The second kappa shape index (κ2) is 9.71. The van der Waals surface area contributed by atoms with Crippen molar-refractivity contribution in [1.29, 1.82) is 0 Å². The predicted octanol–water partition coefficient (Wildman–Crippen LogP) is 4.35. The quantitative estimate of drug-likeness (QED) is 0.512. The van der Waals surface area contributed by atoms with Gasteiger partial charge in [0.2, 0.25) is 5.91 Å². The van der Waals surface area contributed by atoms with Crippen LogP contribution in [0.5, 0.6) is 0 Å². The van der Waals surface area contributed by atoms with Crippen LogP contribution in [0.25, 0.3) is 17.0 Å². The minimum absolute atomic E-state index is 0.0716. The number of hydrogen-bond acceptors (Lipinski definition) is 5. The van der Waals surface area contributed by atoms with Gasteiger partial charge >= 0.3 is 0 Å². The molecule has 180 valence electrons. The van der Waals surface area contributed by atoms with E-state index in [1.165, 1.54) is 11.8 Å². The average Bonchev–Trinajstić information content (AvgIpc) is 3.34. The monoisotopic (exact) mass is 488 g/mol. The van der Waals surface area contributed by atoms with Gasteiger partial charge in [-0.25, -0.2) is 4.99 Å². The van der Waals surface area contributed by atoms with Crippen LogP contribution in [-0.2, 0) is 20.9 Å². The summed E-state index contributed by atoms with van der Waals surface area (Å²) in [6.07, 6.45) is 3.87. The van der Waals surface area contributed by atoms with Gasteiger partial charge in [-0.2, -0.15) is 0 Å². The van der Waals surface area contributed by atoms with E-state index in [2.05, 4.69) is 0 Å². The predicted molar refractivity (Wildman–Crippen MR) is 141 cm³/mol. The molecule has 2 aliphatic rings. The number of thioether (sulfide) groups is 1. The number of ether oxygens (including phenoxy) is 1. The van der Waals surface area contributed by atoms with E-state index in [-0.39, 0.29) is 18.4 Å². The topological polar surface area (TPSA) is 67.1 Å². The van der Waals surface area contributed by atoms with Crippen LogP contribution in [0.15, 0.2) is 58.6 Å². The Hall–Kier alpha value is -3.36. The summed E-state index contributed by atoms with van der Waals surface area (Å²) in [5.41, 5.74) is 4.92. The van der Waals surface area contributed by atoms with Crippen LogP contribution in [0.1, 0.15) is 16.7 Å². The molecule has 0 saturated carbocycles. The standard InChI is InChI=1S/C27H28N4O3S/c1-18-7-6-8-19(2)25(18)28-27-29(3)26(33)23(35-27)15-20-16-31(22-10-5-4-9-21(20)22)17-24(32)30-11-13-34-14-12-30/h4-10,15-16H,11-14,17H2,1-3H3/b23-15-,28-27?. The number of para-hydroxylation sites is 2. The summed E-state index contributed by atoms with van der Waals surface area (Å²) in [6, 6.07) is 14.0. The molecule has 8 heteroatoms. The van der Waals surface area contributed by atoms with E-state index in [0.717, 1.165) is 33.3 Å². The first-order chi connectivity index (χ1) is 16.9. The highest BCUT2D eigenvalue weighted by Crippen LogP contribution is 2.36. The third-order valence-corrected chi connectivity index (χ3v) is 7.49. The zero-order chi connectivity index (χ0) is 24.5. The first-order valence-corrected chi connectivity index (χ1v) is 12.5. The lowest BCUT2D eigenvalue weighted by atomic mass is 10.1. The van der Waals surface area contributed by atoms with Gasteiger partial charge in [0.15, 0.2) is 5.17 Å². The van der Waals surface area contributed by atoms with Crippen molar-refractivity contribution >= 4 is 51.4 Å². The summed E-state index contributed by atoms with van der Waals surface area (Å²) >= 11 is 1.38. The highest BCUT2D eigenvalue weighted by molar-refractivity contribution is 8.18. The first kappa shape index (κ1) is 23.4. The van der Waals surface area contributed by atoms with Crippen LogP contribution in [0.3, 0.4) is 0 Å². The van der Waals surface area contributed by atoms with Crippen LogP contribution >= 0.6 is 11.8 Å². The van der Waals surface area contributed by atoms with E-state index in [0.29, 0.717) is 36.4 Å². The number of aliphatic imine (C=N–C) groups is 1. The van der Waals surface area contributed by atoms with Crippen LogP contribution in [0.2, 0.25) is 0 Å². The van der Waals surface area contributed by atoms with Crippen LogP contribution in [-0.4, -0.2) is 64.7 Å². The minimum atomic E-state index is -0.0822. The van der Waals surface area contributed by atoms with E-state index in [4.69, 9.17) is 9.73 Å². The van der Waals surface area contributed by atoms with Gasteiger partial charge in [-0.05, 0) is 48.9 Å². The van der Waals surface area contributed by atoms with Crippen molar-refractivity contribution in [2.45, 2.75) is 20.4 Å². The Labute approximate surface area is 209 Å². The summed E-state index contributed by atoms with van der Waals surface area (Å²) in [6.45, 7) is 6.70. The molecule has 0 atom stereocenters. The van der Waals surface area contributed by atoms with Crippen molar-refractivity contribution in [1.82, 2.24) is 14.4 Å². The molecule has 0 unspecified atom stereocenters. The Morgan fingerprint density at radius 1 is 1.09 bits per heavy atom. The lowest BCUT2D eigenvalue weighted by Crippen LogP contribution is -2.42. The molecule has 0 radical (unpaired) electrons. The number of fused-ring (bicyclic) bond motifs is 1. The number of benzene rings is 2. The van der Waals surface area contributed by atoms with Gasteiger partial charge in [-0.15, -0.1) is 0 Å². The third-order valence-electron chi connectivity index (χ3n) is 6.43. The van der Waals surface area contributed by atoms with Gasteiger partial charge in [0.25, 0.3) is 5.91 Å². The zero-order valence-electron chi connectivity index (χ0n) is 20.2. The van der Waals surface area contributed by atoms with E-state index in [1.807, 2.05) is 78.1 Å². The molecular weight excluding hydrogens is 460 g/mol. The molecule has 2 saturated heterocycles. The number of nitrogens with zero attached hydrogens (tertiary/aromatic N) is 4. The lowest BCUT2D eigenvalue weighted by Gasteiger charge is -2.27.